The predicted molar refractivity (Wildman–Crippen MR) is 69.7 cm³/mol. The van der Waals surface area contributed by atoms with Crippen LogP contribution in [0.25, 0.3) is 0 Å². The average Bonchev–Trinajstić information content (AvgIpc) is 2.30. The molecule has 0 bridgehead atoms. The van der Waals surface area contributed by atoms with Gasteiger partial charge in [-0.1, -0.05) is 12.1 Å². The topological polar surface area (TPSA) is 20.2 Å². The SMILES string of the molecule is Oc1ccc(CCC2SCCCS2)cc1. The number of aryl methyl sites for hydroxylation is 1. The molecule has 1 saturated heterocycles. The van der Waals surface area contributed by atoms with Crippen molar-refractivity contribution in [2.45, 2.75) is 23.8 Å². The van der Waals surface area contributed by atoms with Crippen LogP contribution < -0.4 is 0 Å². The molecular formula is C12H16OS2. The molecule has 0 amide bonds. The highest BCUT2D eigenvalue weighted by Gasteiger charge is 2.13. The van der Waals surface area contributed by atoms with Gasteiger partial charge in [-0.15, -0.1) is 23.5 Å². The third-order valence-corrected chi connectivity index (χ3v) is 5.58. The maximum Gasteiger partial charge on any atom is 0.115 e. The maximum absolute atomic E-state index is 9.17. The van der Waals surface area contributed by atoms with Gasteiger partial charge in [-0.2, -0.15) is 0 Å². The van der Waals surface area contributed by atoms with Gasteiger partial charge >= 0.3 is 0 Å². The molecule has 1 N–H and O–H groups in total. The molecular weight excluding hydrogens is 224 g/mol. The molecule has 1 aromatic rings. The van der Waals surface area contributed by atoms with Crippen molar-refractivity contribution in [2.24, 2.45) is 0 Å². The van der Waals surface area contributed by atoms with Crippen LogP contribution in [-0.2, 0) is 6.42 Å². The van der Waals surface area contributed by atoms with Gasteiger partial charge in [0, 0.05) is 0 Å². The summed E-state index contributed by atoms with van der Waals surface area (Å²) in [6, 6.07) is 7.59. The number of rotatable bonds is 3. The summed E-state index contributed by atoms with van der Waals surface area (Å²) in [6.45, 7) is 0. The minimum atomic E-state index is 0.361. The van der Waals surface area contributed by atoms with Crippen molar-refractivity contribution in [3.63, 3.8) is 0 Å². The van der Waals surface area contributed by atoms with Crippen molar-refractivity contribution >= 4 is 23.5 Å². The molecule has 3 heteroatoms. The molecule has 0 atom stereocenters. The molecule has 1 fully saturated rings. The standard InChI is InChI=1S/C12H16OS2/c13-11-5-2-10(3-6-11)4-7-12-14-8-1-9-15-12/h2-3,5-6,12-13H,1,4,7-9H2. The zero-order valence-electron chi connectivity index (χ0n) is 8.69. The maximum atomic E-state index is 9.17. The molecule has 1 heterocycles. The Kier molecular flexibility index (Phi) is 4.27. The van der Waals surface area contributed by atoms with E-state index in [0.717, 1.165) is 11.0 Å². The molecule has 15 heavy (non-hydrogen) atoms. The number of phenols is 1. The van der Waals surface area contributed by atoms with E-state index in [4.69, 9.17) is 5.11 Å². The van der Waals surface area contributed by atoms with Gasteiger partial charge in [-0.25, -0.2) is 0 Å². The number of aromatic hydroxyl groups is 1. The lowest BCUT2D eigenvalue weighted by Gasteiger charge is -2.20. The number of phenolic OH excluding ortho intramolecular Hbond substituents is 1. The highest BCUT2D eigenvalue weighted by molar-refractivity contribution is 8.17. The average molecular weight is 240 g/mol. The monoisotopic (exact) mass is 240 g/mol. The minimum absolute atomic E-state index is 0.361. The van der Waals surface area contributed by atoms with Gasteiger partial charge in [0.25, 0.3) is 0 Å². The molecule has 82 valence electrons. The smallest absolute Gasteiger partial charge is 0.115 e. The van der Waals surface area contributed by atoms with E-state index in [1.165, 1.54) is 29.9 Å². The molecule has 1 aliphatic heterocycles. The van der Waals surface area contributed by atoms with Gasteiger partial charge in [0.1, 0.15) is 5.75 Å². The molecule has 0 radical (unpaired) electrons. The Hall–Kier alpha value is -0.280. The van der Waals surface area contributed by atoms with Crippen molar-refractivity contribution in [1.29, 1.82) is 0 Å². The fourth-order valence-corrected chi connectivity index (χ4v) is 4.51. The molecule has 1 aromatic carbocycles. The molecule has 1 aliphatic rings. The first-order valence-electron chi connectivity index (χ1n) is 5.36. The van der Waals surface area contributed by atoms with Crippen LogP contribution in [0, 0.1) is 0 Å². The quantitative estimate of drug-likeness (QED) is 0.873. The molecule has 1 nitrogen and oxygen atoms in total. The second kappa shape index (κ2) is 5.71. The van der Waals surface area contributed by atoms with E-state index in [1.807, 2.05) is 12.1 Å². The number of hydrogen-bond acceptors (Lipinski definition) is 3. The van der Waals surface area contributed by atoms with Gasteiger partial charge < -0.3 is 5.11 Å². The highest BCUT2D eigenvalue weighted by Crippen LogP contribution is 2.33. The fourth-order valence-electron chi connectivity index (χ4n) is 1.65. The van der Waals surface area contributed by atoms with E-state index in [0.29, 0.717) is 5.75 Å². The summed E-state index contributed by atoms with van der Waals surface area (Å²) in [6.07, 6.45) is 3.75. The van der Waals surface area contributed by atoms with E-state index in [1.54, 1.807) is 12.1 Å². The van der Waals surface area contributed by atoms with Gasteiger partial charge in [0.15, 0.2) is 0 Å². The Bertz CT molecular complexity index is 291. The first kappa shape index (κ1) is 11.2. The third-order valence-electron chi connectivity index (χ3n) is 2.50. The predicted octanol–water partition coefficient (Wildman–Crippen LogP) is 3.52. The highest BCUT2D eigenvalue weighted by atomic mass is 32.2. The second-order valence-electron chi connectivity index (χ2n) is 3.73. The summed E-state index contributed by atoms with van der Waals surface area (Å²) in [7, 11) is 0. The van der Waals surface area contributed by atoms with Crippen LogP contribution in [0.1, 0.15) is 18.4 Å². The number of thioether (sulfide) groups is 2. The van der Waals surface area contributed by atoms with Crippen LogP contribution in [0.15, 0.2) is 24.3 Å². The van der Waals surface area contributed by atoms with Crippen LogP contribution in [0.3, 0.4) is 0 Å². The minimum Gasteiger partial charge on any atom is -0.508 e. The molecule has 0 aromatic heterocycles. The van der Waals surface area contributed by atoms with Gasteiger partial charge in [0.2, 0.25) is 0 Å². The fraction of sp³-hybridized carbons (Fsp3) is 0.500. The summed E-state index contributed by atoms with van der Waals surface area (Å²) in [4.78, 5) is 0. The van der Waals surface area contributed by atoms with Crippen molar-refractivity contribution in [3.8, 4) is 5.75 Å². The van der Waals surface area contributed by atoms with Crippen molar-refractivity contribution in [1.82, 2.24) is 0 Å². The zero-order chi connectivity index (χ0) is 10.5. The Balaban J connectivity index is 1.79. The van der Waals surface area contributed by atoms with E-state index >= 15 is 0 Å². The molecule has 0 spiro atoms. The van der Waals surface area contributed by atoms with Gasteiger partial charge in [-0.3, -0.25) is 0 Å². The Labute approximate surface area is 99.7 Å². The van der Waals surface area contributed by atoms with Crippen LogP contribution in [0.4, 0.5) is 0 Å². The van der Waals surface area contributed by atoms with Crippen LogP contribution in [0.5, 0.6) is 5.75 Å². The molecule has 0 aliphatic carbocycles. The first-order chi connectivity index (χ1) is 7.34. The molecule has 2 rings (SSSR count). The summed E-state index contributed by atoms with van der Waals surface area (Å²) in [5, 5.41) is 9.17. The number of hydrogen-bond donors (Lipinski definition) is 1. The Morgan fingerprint density at radius 2 is 1.80 bits per heavy atom. The third kappa shape index (κ3) is 3.65. The van der Waals surface area contributed by atoms with Crippen LogP contribution in [-0.4, -0.2) is 21.2 Å². The normalized spacial score (nSPS) is 17.9. The second-order valence-corrected chi connectivity index (χ2v) is 6.65. The lowest BCUT2D eigenvalue weighted by atomic mass is 10.1. The summed E-state index contributed by atoms with van der Waals surface area (Å²) < 4.78 is 0.785. The van der Waals surface area contributed by atoms with Crippen LogP contribution in [0.2, 0.25) is 0 Å². The van der Waals surface area contributed by atoms with Gasteiger partial charge in [0.05, 0.1) is 4.58 Å². The number of benzene rings is 1. The Morgan fingerprint density at radius 3 is 2.47 bits per heavy atom. The van der Waals surface area contributed by atoms with E-state index in [-0.39, 0.29) is 0 Å². The Morgan fingerprint density at radius 1 is 1.13 bits per heavy atom. The zero-order valence-corrected chi connectivity index (χ0v) is 10.3. The van der Waals surface area contributed by atoms with Crippen LogP contribution >= 0.6 is 23.5 Å². The van der Waals surface area contributed by atoms with Crippen molar-refractivity contribution in [2.75, 3.05) is 11.5 Å². The first-order valence-corrected chi connectivity index (χ1v) is 7.45. The molecule has 0 saturated carbocycles. The summed E-state index contributed by atoms with van der Waals surface area (Å²) in [5.74, 6) is 3.01. The molecule has 0 unspecified atom stereocenters. The van der Waals surface area contributed by atoms with Crippen molar-refractivity contribution in [3.05, 3.63) is 29.8 Å². The summed E-state index contributed by atoms with van der Waals surface area (Å²) >= 11 is 4.20. The van der Waals surface area contributed by atoms with E-state index < -0.39 is 0 Å². The summed E-state index contributed by atoms with van der Waals surface area (Å²) in [5.41, 5.74) is 1.33. The van der Waals surface area contributed by atoms with Gasteiger partial charge in [-0.05, 0) is 48.5 Å². The van der Waals surface area contributed by atoms with Crippen molar-refractivity contribution < 1.29 is 5.11 Å². The lowest BCUT2D eigenvalue weighted by Crippen LogP contribution is -2.07. The van der Waals surface area contributed by atoms with E-state index in [2.05, 4.69) is 23.5 Å². The largest absolute Gasteiger partial charge is 0.508 e. The lowest BCUT2D eigenvalue weighted by molar-refractivity contribution is 0.475. The van der Waals surface area contributed by atoms with E-state index in [9.17, 15) is 0 Å².